The topological polar surface area (TPSA) is 69.7 Å². The maximum Gasteiger partial charge on any atom is 0.314 e. The highest BCUT2D eigenvalue weighted by atomic mass is 16.6. The van der Waals surface area contributed by atoms with E-state index in [1.807, 2.05) is 0 Å². The van der Waals surface area contributed by atoms with Crippen LogP contribution in [0.2, 0.25) is 0 Å². The highest BCUT2D eigenvalue weighted by Gasteiger charge is 2.19. The van der Waals surface area contributed by atoms with Crippen LogP contribution in [-0.4, -0.2) is 24.5 Å². The van der Waals surface area contributed by atoms with Gasteiger partial charge in [-0.2, -0.15) is 0 Å². The van der Waals surface area contributed by atoms with Gasteiger partial charge in [0.25, 0.3) is 0 Å². The number of carbonyl (C=O) groups is 3. The van der Waals surface area contributed by atoms with Gasteiger partial charge in [-0.3, -0.25) is 14.4 Å². The summed E-state index contributed by atoms with van der Waals surface area (Å²) in [7, 11) is 0. The van der Waals surface area contributed by atoms with E-state index in [1.54, 1.807) is 0 Å². The fraction of sp³-hybridized carbons (Fsp3) is 0.900. The van der Waals surface area contributed by atoms with Crippen LogP contribution in [-0.2, 0) is 23.9 Å². The Labute approximate surface area is 216 Å². The molecular formula is C30H56O5. The molecule has 0 bridgehead atoms. The van der Waals surface area contributed by atoms with Crippen LogP contribution >= 0.6 is 0 Å². The van der Waals surface area contributed by atoms with Gasteiger partial charge in [0, 0.05) is 6.42 Å². The predicted molar refractivity (Wildman–Crippen MR) is 144 cm³/mol. The molecule has 0 N–H and O–H groups in total. The standard InChI is InChI=1S/C26H52O2.C4H4O3/c1-4-7-9-10-11-12-13-14-15-16-17-18-19-20-21-23-26(27)28-24-25(6-3)22-8-5-2;5-3-1-2-4(6)7-3/h25H,4-24H2,1-3H3;1-2H2. The first kappa shape index (κ1) is 33.6. The second-order valence-electron chi connectivity index (χ2n) is 10.1. The molecule has 1 aliphatic heterocycles. The molecule has 0 radical (unpaired) electrons. The van der Waals surface area contributed by atoms with Crippen molar-refractivity contribution in [1.82, 2.24) is 0 Å². The van der Waals surface area contributed by atoms with Crippen molar-refractivity contribution in [2.45, 2.75) is 162 Å². The molecule has 1 heterocycles. The lowest BCUT2D eigenvalue weighted by Gasteiger charge is -2.14. The van der Waals surface area contributed by atoms with Gasteiger partial charge in [-0.15, -0.1) is 0 Å². The van der Waals surface area contributed by atoms with Crippen molar-refractivity contribution in [1.29, 1.82) is 0 Å². The third-order valence-electron chi connectivity index (χ3n) is 6.77. The smallest absolute Gasteiger partial charge is 0.314 e. The van der Waals surface area contributed by atoms with Crippen LogP contribution in [0.25, 0.3) is 0 Å². The highest BCUT2D eigenvalue weighted by molar-refractivity contribution is 5.92. The minimum Gasteiger partial charge on any atom is -0.465 e. The monoisotopic (exact) mass is 496 g/mol. The molecule has 1 aliphatic rings. The predicted octanol–water partition coefficient (Wildman–Crippen LogP) is 8.86. The van der Waals surface area contributed by atoms with Crippen molar-refractivity contribution < 1.29 is 23.9 Å². The van der Waals surface area contributed by atoms with Gasteiger partial charge >= 0.3 is 17.9 Å². The van der Waals surface area contributed by atoms with E-state index >= 15 is 0 Å². The van der Waals surface area contributed by atoms with Gasteiger partial charge in [0.15, 0.2) is 0 Å². The van der Waals surface area contributed by atoms with Crippen molar-refractivity contribution in [2.75, 3.05) is 6.61 Å². The van der Waals surface area contributed by atoms with Crippen LogP contribution in [0, 0.1) is 5.92 Å². The fourth-order valence-corrected chi connectivity index (χ4v) is 4.25. The normalized spacial score (nSPS) is 13.8. The van der Waals surface area contributed by atoms with Gasteiger partial charge in [0.2, 0.25) is 0 Å². The minimum absolute atomic E-state index is 0.0182. The minimum atomic E-state index is -0.398. The van der Waals surface area contributed by atoms with Gasteiger partial charge < -0.3 is 9.47 Å². The molecule has 0 aromatic rings. The van der Waals surface area contributed by atoms with Gasteiger partial charge in [-0.05, 0) is 18.8 Å². The molecule has 0 aromatic carbocycles. The SMILES string of the molecule is CCCCCCCCCCCCCCCCCC(=O)OCC(CC)CCCC.O=C1CCC(=O)O1. The molecule has 0 aliphatic carbocycles. The van der Waals surface area contributed by atoms with E-state index in [2.05, 4.69) is 25.5 Å². The average molecular weight is 497 g/mol. The lowest BCUT2D eigenvalue weighted by atomic mass is 10.0. The summed E-state index contributed by atoms with van der Waals surface area (Å²) >= 11 is 0. The number of ether oxygens (including phenoxy) is 2. The number of esters is 3. The third kappa shape index (κ3) is 24.1. The number of hydrogen-bond donors (Lipinski definition) is 0. The summed E-state index contributed by atoms with van der Waals surface area (Å²) in [5.41, 5.74) is 0. The van der Waals surface area contributed by atoms with Crippen molar-refractivity contribution in [3.05, 3.63) is 0 Å². The number of cyclic esters (lactones) is 2. The highest BCUT2D eigenvalue weighted by Crippen LogP contribution is 2.15. The first-order valence-corrected chi connectivity index (χ1v) is 14.9. The molecule has 1 unspecified atom stereocenters. The van der Waals surface area contributed by atoms with E-state index in [-0.39, 0.29) is 18.8 Å². The van der Waals surface area contributed by atoms with Crippen molar-refractivity contribution in [2.24, 2.45) is 5.92 Å². The number of rotatable bonds is 22. The Kier molecular flexibility index (Phi) is 24.7. The first-order valence-electron chi connectivity index (χ1n) is 14.9. The average Bonchev–Trinajstić information content (AvgIpc) is 3.24. The second-order valence-corrected chi connectivity index (χ2v) is 10.1. The van der Waals surface area contributed by atoms with Crippen LogP contribution in [0.4, 0.5) is 0 Å². The van der Waals surface area contributed by atoms with E-state index in [4.69, 9.17) is 4.74 Å². The van der Waals surface area contributed by atoms with Gasteiger partial charge in [0.1, 0.15) is 0 Å². The number of hydrogen-bond acceptors (Lipinski definition) is 5. The summed E-state index contributed by atoms with van der Waals surface area (Å²) < 4.78 is 9.56. The molecule has 0 saturated carbocycles. The van der Waals surface area contributed by atoms with E-state index in [0.29, 0.717) is 18.9 Å². The zero-order chi connectivity index (χ0) is 26.0. The van der Waals surface area contributed by atoms with Crippen molar-refractivity contribution >= 4 is 17.9 Å². The van der Waals surface area contributed by atoms with Crippen LogP contribution in [0.3, 0.4) is 0 Å². The van der Waals surface area contributed by atoms with Crippen molar-refractivity contribution in [3.63, 3.8) is 0 Å². The Balaban J connectivity index is 0.00000140. The molecule has 0 spiro atoms. The summed E-state index contributed by atoms with van der Waals surface area (Å²) in [6.07, 6.45) is 26.3. The van der Waals surface area contributed by atoms with Gasteiger partial charge in [-0.25, -0.2) is 0 Å². The molecule has 0 amide bonds. The van der Waals surface area contributed by atoms with E-state index in [9.17, 15) is 14.4 Å². The van der Waals surface area contributed by atoms with E-state index < -0.39 is 11.9 Å². The van der Waals surface area contributed by atoms with E-state index in [0.717, 1.165) is 12.8 Å². The quantitative estimate of drug-likeness (QED) is 0.0850. The molecule has 5 heteroatoms. The molecule has 1 rings (SSSR count). The van der Waals surface area contributed by atoms with Crippen LogP contribution in [0.5, 0.6) is 0 Å². The molecule has 1 atom stereocenters. The Morgan fingerprint density at radius 3 is 1.49 bits per heavy atom. The molecule has 206 valence electrons. The lowest BCUT2D eigenvalue weighted by molar-refractivity contribution is -0.152. The Morgan fingerprint density at radius 1 is 0.686 bits per heavy atom. The summed E-state index contributed by atoms with van der Waals surface area (Å²) in [5.74, 6) is -0.218. The Morgan fingerprint density at radius 2 is 1.11 bits per heavy atom. The van der Waals surface area contributed by atoms with Crippen molar-refractivity contribution in [3.8, 4) is 0 Å². The molecule has 1 saturated heterocycles. The number of unbranched alkanes of at least 4 members (excludes halogenated alkanes) is 15. The van der Waals surface area contributed by atoms with Crippen LogP contribution < -0.4 is 0 Å². The molecule has 35 heavy (non-hydrogen) atoms. The largest absolute Gasteiger partial charge is 0.465 e. The van der Waals surface area contributed by atoms with E-state index in [1.165, 1.54) is 109 Å². The van der Waals surface area contributed by atoms with Crippen LogP contribution in [0.1, 0.15) is 162 Å². The Bertz CT molecular complexity index is 503. The van der Waals surface area contributed by atoms with Gasteiger partial charge in [0.05, 0.1) is 19.4 Å². The Hall–Kier alpha value is -1.39. The zero-order valence-electron chi connectivity index (χ0n) is 23.4. The second kappa shape index (κ2) is 25.7. The summed E-state index contributed by atoms with van der Waals surface area (Å²) in [5, 5.41) is 0. The lowest BCUT2D eigenvalue weighted by Crippen LogP contribution is -2.13. The zero-order valence-corrected chi connectivity index (χ0v) is 23.4. The molecular weight excluding hydrogens is 440 g/mol. The third-order valence-corrected chi connectivity index (χ3v) is 6.77. The maximum absolute atomic E-state index is 11.8. The summed E-state index contributed by atoms with van der Waals surface area (Å²) in [4.78, 5) is 31.9. The fourth-order valence-electron chi connectivity index (χ4n) is 4.25. The van der Waals surface area contributed by atoms with Gasteiger partial charge in [-0.1, -0.05) is 130 Å². The molecule has 0 aromatic heterocycles. The summed E-state index contributed by atoms with van der Waals surface area (Å²) in [6.45, 7) is 7.33. The maximum atomic E-state index is 11.8. The first-order chi connectivity index (χ1) is 17.0. The number of carbonyl (C=O) groups excluding carboxylic acids is 3. The summed E-state index contributed by atoms with van der Waals surface area (Å²) in [6, 6.07) is 0. The van der Waals surface area contributed by atoms with Crippen LogP contribution in [0.15, 0.2) is 0 Å². The molecule has 1 fully saturated rings. The molecule has 5 nitrogen and oxygen atoms in total.